The minimum atomic E-state index is -0.799. The van der Waals surface area contributed by atoms with Crippen molar-refractivity contribution in [2.75, 3.05) is 20.8 Å². The highest BCUT2D eigenvalue weighted by Gasteiger charge is 2.33. The van der Waals surface area contributed by atoms with Crippen molar-refractivity contribution in [3.05, 3.63) is 63.6 Å². The third-order valence-electron chi connectivity index (χ3n) is 6.26. The van der Waals surface area contributed by atoms with Crippen LogP contribution in [-0.4, -0.2) is 58.2 Å². The SMILES string of the molecule is CO[C@H]1CCC2c3nc(c(O)c(=O)n3C1)C(=O)NCc1ccc(F)cc1OCCC=CC(=O)N2C. The fraction of sp³-hybridized carbons (Fsp3) is 0.417. The van der Waals surface area contributed by atoms with E-state index >= 15 is 0 Å². The van der Waals surface area contributed by atoms with Crippen LogP contribution >= 0.6 is 0 Å². The first-order valence-electron chi connectivity index (χ1n) is 11.3. The van der Waals surface area contributed by atoms with Crippen molar-refractivity contribution in [3.63, 3.8) is 0 Å². The third kappa shape index (κ3) is 5.04. The topological polar surface area (TPSA) is 123 Å². The molecule has 2 aromatic rings. The van der Waals surface area contributed by atoms with Crippen molar-refractivity contribution in [3.8, 4) is 11.5 Å². The molecule has 35 heavy (non-hydrogen) atoms. The molecular formula is C24H27FN4O6. The second-order valence-electron chi connectivity index (χ2n) is 8.46. The number of amides is 2. The second-order valence-corrected chi connectivity index (χ2v) is 8.46. The first kappa shape index (κ1) is 24.4. The highest BCUT2D eigenvalue weighted by atomic mass is 19.1. The highest BCUT2D eigenvalue weighted by molar-refractivity contribution is 5.94. The molecule has 0 fully saturated rings. The number of nitrogens with one attached hydrogen (secondary N) is 1. The molecule has 0 aliphatic carbocycles. The standard InChI is InChI=1S/C24H27FN4O6/c1-28-17-9-8-16(34-2)13-29-22(17)27-20(21(31)24(29)33)23(32)26-12-14-6-7-15(25)11-18(14)35-10-4-3-5-19(28)30/h3,5-7,11,16-17,31H,4,8-10,12-13H2,1-2H3,(H,26,32)/t16-,17?/m0/s1. The maximum absolute atomic E-state index is 13.8. The van der Waals surface area contributed by atoms with Crippen molar-refractivity contribution < 1.29 is 28.6 Å². The average molecular weight is 487 g/mol. The maximum Gasteiger partial charge on any atom is 0.296 e. The van der Waals surface area contributed by atoms with Crippen LogP contribution in [0.3, 0.4) is 0 Å². The summed E-state index contributed by atoms with van der Waals surface area (Å²) in [5.41, 5.74) is -0.744. The lowest BCUT2D eigenvalue weighted by molar-refractivity contribution is -0.127. The van der Waals surface area contributed by atoms with Gasteiger partial charge in [0.05, 0.1) is 25.3 Å². The molecule has 2 aliphatic rings. The van der Waals surface area contributed by atoms with Crippen LogP contribution in [0, 0.1) is 5.82 Å². The number of hydrogen-bond acceptors (Lipinski definition) is 7. The number of nitrogens with zero attached hydrogens (tertiary/aromatic N) is 3. The van der Waals surface area contributed by atoms with Crippen molar-refractivity contribution >= 4 is 11.8 Å². The molecule has 2 bridgehead atoms. The van der Waals surface area contributed by atoms with Crippen LogP contribution in [0.15, 0.2) is 35.1 Å². The zero-order valence-electron chi connectivity index (χ0n) is 19.5. The van der Waals surface area contributed by atoms with E-state index in [0.29, 0.717) is 24.8 Å². The predicted octanol–water partition coefficient (Wildman–Crippen LogP) is 1.66. The van der Waals surface area contributed by atoms with Crippen molar-refractivity contribution in [2.24, 2.45) is 0 Å². The summed E-state index contributed by atoms with van der Waals surface area (Å²) in [4.78, 5) is 44.8. The lowest BCUT2D eigenvalue weighted by Crippen LogP contribution is -2.37. The minimum Gasteiger partial charge on any atom is -0.501 e. The molecule has 10 nitrogen and oxygen atoms in total. The molecule has 4 rings (SSSR count). The zero-order valence-corrected chi connectivity index (χ0v) is 19.5. The molecule has 0 radical (unpaired) electrons. The van der Waals surface area contributed by atoms with Gasteiger partial charge in [-0.25, -0.2) is 9.37 Å². The van der Waals surface area contributed by atoms with Crippen LogP contribution in [0.2, 0.25) is 0 Å². The number of carbonyl (C=O) groups is 2. The van der Waals surface area contributed by atoms with Crippen LogP contribution in [0.5, 0.6) is 11.5 Å². The summed E-state index contributed by atoms with van der Waals surface area (Å²) in [6.07, 6.45) is 4.09. The van der Waals surface area contributed by atoms with Crippen LogP contribution in [0.4, 0.5) is 4.39 Å². The Hall–Kier alpha value is -3.73. The Morgan fingerprint density at radius 1 is 1.26 bits per heavy atom. The van der Waals surface area contributed by atoms with Gasteiger partial charge in [0.15, 0.2) is 5.69 Å². The quantitative estimate of drug-likeness (QED) is 0.629. The monoisotopic (exact) mass is 486 g/mol. The van der Waals surface area contributed by atoms with E-state index in [0.717, 1.165) is 0 Å². The van der Waals surface area contributed by atoms with Gasteiger partial charge in [0, 0.05) is 32.3 Å². The molecule has 2 atom stereocenters. The number of hydrogen-bond donors (Lipinski definition) is 2. The van der Waals surface area contributed by atoms with Crippen molar-refractivity contribution in [2.45, 2.75) is 44.5 Å². The van der Waals surface area contributed by atoms with Gasteiger partial charge in [-0.15, -0.1) is 0 Å². The summed E-state index contributed by atoms with van der Waals surface area (Å²) < 4.78 is 26.2. The van der Waals surface area contributed by atoms with Gasteiger partial charge in [-0.1, -0.05) is 12.1 Å². The number of methoxy groups -OCH3 is 1. The molecule has 0 saturated heterocycles. The fourth-order valence-corrected chi connectivity index (χ4v) is 4.24. The molecule has 3 heterocycles. The first-order valence-corrected chi connectivity index (χ1v) is 11.3. The first-order chi connectivity index (χ1) is 16.8. The van der Waals surface area contributed by atoms with Gasteiger partial charge in [0.1, 0.15) is 17.4 Å². The molecule has 1 aromatic carbocycles. The molecular weight excluding hydrogens is 459 g/mol. The van der Waals surface area contributed by atoms with E-state index in [1.54, 1.807) is 13.1 Å². The lowest BCUT2D eigenvalue weighted by atomic mass is 10.1. The Kier molecular flexibility index (Phi) is 7.15. The van der Waals surface area contributed by atoms with Gasteiger partial charge in [0.25, 0.3) is 11.5 Å². The number of aromatic hydroxyl groups is 1. The maximum atomic E-state index is 13.8. The normalized spacial score (nSPS) is 21.1. The van der Waals surface area contributed by atoms with E-state index in [9.17, 15) is 23.9 Å². The van der Waals surface area contributed by atoms with Gasteiger partial charge in [-0.3, -0.25) is 19.0 Å². The highest BCUT2D eigenvalue weighted by Crippen LogP contribution is 2.30. The summed E-state index contributed by atoms with van der Waals surface area (Å²) in [7, 11) is 3.11. The Labute approximate surface area is 201 Å². The summed E-state index contributed by atoms with van der Waals surface area (Å²) in [6.45, 7) is 0.271. The number of halogens is 1. The number of fused-ring (bicyclic) bond motifs is 2. The summed E-state index contributed by atoms with van der Waals surface area (Å²) in [5, 5.41) is 13.2. The fourth-order valence-electron chi connectivity index (χ4n) is 4.24. The molecule has 0 spiro atoms. The number of carbonyl (C=O) groups excluding carboxylic acids is 2. The van der Waals surface area contributed by atoms with E-state index in [1.807, 2.05) is 0 Å². The summed E-state index contributed by atoms with van der Waals surface area (Å²) in [6, 6.07) is 3.29. The molecule has 2 N–H and O–H groups in total. The number of aromatic nitrogens is 2. The van der Waals surface area contributed by atoms with Crippen LogP contribution < -0.4 is 15.6 Å². The van der Waals surface area contributed by atoms with Crippen LogP contribution in [0.25, 0.3) is 0 Å². The van der Waals surface area contributed by atoms with Crippen molar-refractivity contribution in [1.29, 1.82) is 0 Å². The number of rotatable bonds is 1. The minimum absolute atomic E-state index is 0.0443. The van der Waals surface area contributed by atoms with Gasteiger partial charge in [0.2, 0.25) is 11.7 Å². The number of ether oxygens (including phenoxy) is 2. The van der Waals surface area contributed by atoms with E-state index in [-0.39, 0.29) is 43.3 Å². The Morgan fingerprint density at radius 3 is 2.83 bits per heavy atom. The molecule has 2 amide bonds. The molecule has 11 heteroatoms. The van der Waals surface area contributed by atoms with Gasteiger partial charge in [-0.05, 0) is 31.4 Å². The third-order valence-corrected chi connectivity index (χ3v) is 6.26. The van der Waals surface area contributed by atoms with Crippen LogP contribution in [0.1, 0.15) is 47.2 Å². The summed E-state index contributed by atoms with van der Waals surface area (Å²) >= 11 is 0. The Morgan fingerprint density at radius 2 is 2.06 bits per heavy atom. The van der Waals surface area contributed by atoms with E-state index in [1.165, 1.54) is 40.9 Å². The molecule has 186 valence electrons. The van der Waals surface area contributed by atoms with E-state index in [2.05, 4.69) is 10.3 Å². The lowest BCUT2D eigenvalue weighted by Gasteiger charge is -2.27. The van der Waals surface area contributed by atoms with Gasteiger partial charge >= 0.3 is 0 Å². The van der Waals surface area contributed by atoms with Gasteiger partial charge < -0.3 is 24.8 Å². The molecule has 2 aliphatic heterocycles. The molecule has 1 unspecified atom stereocenters. The smallest absolute Gasteiger partial charge is 0.296 e. The summed E-state index contributed by atoms with van der Waals surface area (Å²) in [5.74, 6) is -1.99. The Bertz CT molecular complexity index is 1230. The predicted molar refractivity (Wildman–Crippen MR) is 123 cm³/mol. The van der Waals surface area contributed by atoms with E-state index in [4.69, 9.17) is 9.47 Å². The number of likely N-dealkylation sites (N-methyl/N-ethyl adjacent to an activating group) is 1. The number of benzene rings is 1. The van der Waals surface area contributed by atoms with E-state index < -0.39 is 34.8 Å². The molecule has 0 saturated carbocycles. The molecule has 1 aromatic heterocycles. The average Bonchev–Trinajstić information content (AvgIpc) is 3.03. The zero-order chi connectivity index (χ0) is 25.1. The Balaban J connectivity index is 1.81. The van der Waals surface area contributed by atoms with Crippen molar-refractivity contribution in [1.82, 2.24) is 19.8 Å². The van der Waals surface area contributed by atoms with Gasteiger partial charge in [-0.2, -0.15) is 0 Å². The van der Waals surface area contributed by atoms with Crippen LogP contribution in [-0.2, 0) is 22.6 Å². The largest absolute Gasteiger partial charge is 0.501 e. The second kappa shape index (κ2) is 10.3.